The average Bonchev–Trinajstić information content (AvgIpc) is 2.88. The van der Waals surface area contributed by atoms with Crippen LogP contribution in [0.15, 0.2) is 24.4 Å². The van der Waals surface area contributed by atoms with Gasteiger partial charge in [-0.1, -0.05) is 12.1 Å². The van der Waals surface area contributed by atoms with Crippen molar-refractivity contribution in [3.05, 3.63) is 24.4 Å². The van der Waals surface area contributed by atoms with Gasteiger partial charge in [0.15, 0.2) is 0 Å². The van der Waals surface area contributed by atoms with E-state index in [1.165, 1.54) is 0 Å². The monoisotopic (exact) mass is 286 g/mol. The molecule has 112 valence electrons. The highest BCUT2D eigenvalue weighted by Crippen LogP contribution is 2.36. The van der Waals surface area contributed by atoms with Crippen LogP contribution in [-0.2, 0) is 9.31 Å². The van der Waals surface area contributed by atoms with Crippen molar-refractivity contribution in [1.82, 2.24) is 9.78 Å². The summed E-state index contributed by atoms with van der Waals surface area (Å²) in [6.07, 6.45) is 2.08. The lowest BCUT2D eigenvalue weighted by molar-refractivity contribution is 0.00578. The largest absolute Gasteiger partial charge is 0.494 e. The lowest BCUT2D eigenvalue weighted by atomic mass is 9.79. The third-order valence-electron chi connectivity index (χ3n) is 4.60. The number of fused-ring (bicyclic) bond motifs is 1. The van der Waals surface area contributed by atoms with Gasteiger partial charge in [-0.15, -0.1) is 0 Å². The Kier molecular flexibility index (Phi) is 3.19. The van der Waals surface area contributed by atoms with Crippen molar-refractivity contribution in [2.45, 2.75) is 58.8 Å². The smallest absolute Gasteiger partial charge is 0.399 e. The Bertz CT molecular complexity index is 660. The predicted octanol–water partition coefficient (Wildman–Crippen LogP) is 2.92. The third kappa shape index (κ3) is 2.38. The number of aromatic nitrogens is 2. The Balaban J connectivity index is 1.95. The normalized spacial score (nSPS) is 20.6. The maximum Gasteiger partial charge on any atom is 0.494 e. The van der Waals surface area contributed by atoms with E-state index < -0.39 is 0 Å². The minimum atomic E-state index is -0.330. The third-order valence-corrected chi connectivity index (χ3v) is 4.60. The molecule has 2 heterocycles. The van der Waals surface area contributed by atoms with Gasteiger partial charge in [-0.2, -0.15) is 5.10 Å². The highest BCUT2D eigenvalue weighted by Gasteiger charge is 2.51. The molecule has 0 saturated carbocycles. The van der Waals surface area contributed by atoms with Gasteiger partial charge in [-0.3, -0.25) is 4.68 Å². The summed E-state index contributed by atoms with van der Waals surface area (Å²) in [6, 6.07) is 6.58. The molecule has 1 fully saturated rings. The fourth-order valence-electron chi connectivity index (χ4n) is 2.44. The van der Waals surface area contributed by atoms with Crippen molar-refractivity contribution in [3.63, 3.8) is 0 Å². The summed E-state index contributed by atoms with van der Waals surface area (Å²) in [5.41, 5.74) is 1.37. The van der Waals surface area contributed by atoms with Gasteiger partial charge in [0.2, 0.25) is 0 Å². The summed E-state index contributed by atoms with van der Waals surface area (Å²) in [6.45, 7) is 12.5. The van der Waals surface area contributed by atoms with E-state index in [2.05, 4.69) is 71.0 Å². The molecule has 0 spiro atoms. The first-order valence-electron chi connectivity index (χ1n) is 7.54. The second-order valence-electron chi connectivity index (χ2n) is 7.11. The van der Waals surface area contributed by atoms with Gasteiger partial charge in [-0.05, 0) is 53.1 Å². The molecular formula is C16H23BN2O2. The van der Waals surface area contributed by atoms with Crippen LogP contribution in [-0.4, -0.2) is 28.1 Å². The van der Waals surface area contributed by atoms with E-state index in [4.69, 9.17) is 9.31 Å². The van der Waals surface area contributed by atoms with Gasteiger partial charge in [0.1, 0.15) is 0 Å². The van der Waals surface area contributed by atoms with Crippen LogP contribution in [0.1, 0.15) is 47.6 Å². The summed E-state index contributed by atoms with van der Waals surface area (Å²) in [5.74, 6) is 0. The van der Waals surface area contributed by atoms with E-state index >= 15 is 0 Å². The van der Waals surface area contributed by atoms with E-state index in [0.717, 1.165) is 16.4 Å². The van der Waals surface area contributed by atoms with Crippen LogP contribution in [0.5, 0.6) is 0 Å². The molecule has 3 rings (SSSR count). The topological polar surface area (TPSA) is 36.3 Å². The maximum absolute atomic E-state index is 6.10. The van der Waals surface area contributed by atoms with Crippen molar-refractivity contribution >= 4 is 23.5 Å². The molecule has 1 saturated heterocycles. The van der Waals surface area contributed by atoms with Gasteiger partial charge in [-0.25, -0.2) is 0 Å². The zero-order valence-electron chi connectivity index (χ0n) is 13.7. The van der Waals surface area contributed by atoms with Crippen LogP contribution in [0.2, 0.25) is 0 Å². The summed E-state index contributed by atoms with van der Waals surface area (Å²) in [7, 11) is -0.330. The molecule has 1 aliphatic heterocycles. The summed E-state index contributed by atoms with van der Waals surface area (Å²) in [5, 5.41) is 5.77. The second kappa shape index (κ2) is 4.58. The molecule has 4 nitrogen and oxygen atoms in total. The van der Waals surface area contributed by atoms with Crippen LogP contribution in [0, 0.1) is 0 Å². The molecule has 0 aliphatic carbocycles. The summed E-state index contributed by atoms with van der Waals surface area (Å²) >= 11 is 0. The molecule has 0 N–H and O–H groups in total. The van der Waals surface area contributed by atoms with Gasteiger partial charge in [0.05, 0.1) is 16.7 Å². The van der Waals surface area contributed by atoms with Crippen molar-refractivity contribution in [1.29, 1.82) is 0 Å². The molecule has 0 bridgehead atoms. The number of hydrogen-bond donors (Lipinski definition) is 0. The van der Waals surface area contributed by atoms with Gasteiger partial charge < -0.3 is 9.31 Å². The lowest BCUT2D eigenvalue weighted by Gasteiger charge is -2.32. The molecule has 0 unspecified atom stereocenters. The van der Waals surface area contributed by atoms with E-state index in [1.54, 1.807) is 0 Å². The Morgan fingerprint density at radius 3 is 2.29 bits per heavy atom. The number of hydrogen-bond acceptors (Lipinski definition) is 3. The zero-order valence-corrected chi connectivity index (χ0v) is 13.7. The highest BCUT2D eigenvalue weighted by molar-refractivity contribution is 6.62. The summed E-state index contributed by atoms with van der Waals surface area (Å²) in [4.78, 5) is 0. The molecule has 1 aromatic carbocycles. The molecule has 0 radical (unpaired) electrons. The van der Waals surface area contributed by atoms with E-state index in [1.807, 2.05) is 4.68 Å². The van der Waals surface area contributed by atoms with Gasteiger partial charge in [0, 0.05) is 17.6 Å². The Hall–Kier alpha value is -1.33. The standard InChI is InChI=1S/C16H23BN2O2/c1-11(2)19-10-12-7-8-13(9-14(12)18-19)17-20-15(3,4)16(5,6)21-17/h7-11H,1-6H3. The minimum absolute atomic E-state index is 0.316. The first-order chi connectivity index (χ1) is 9.69. The Labute approximate surface area is 126 Å². The number of benzene rings is 1. The van der Waals surface area contributed by atoms with Crippen LogP contribution in [0.3, 0.4) is 0 Å². The molecule has 0 atom stereocenters. The fraction of sp³-hybridized carbons (Fsp3) is 0.562. The van der Waals surface area contributed by atoms with Crippen molar-refractivity contribution in [2.75, 3.05) is 0 Å². The lowest BCUT2D eigenvalue weighted by Crippen LogP contribution is -2.41. The first kappa shape index (κ1) is 14.6. The molecule has 0 amide bonds. The molecule has 21 heavy (non-hydrogen) atoms. The average molecular weight is 286 g/mol. The Morgan fingerprint density at radius 2 is 1.71 bits per heavy atom. The Morgan fingerprint density at radius 1 is 1.10 bits per heavy atom. The zero-order chi connectivity index (χ0) is 15.4. The predicted molar refractivity (Wildman–Crippen MR) is 85.8 cm³/mol. The molecule has 1 aromatic heterocycles. The number of nitrogens with zero attached hydrogens (tertiary/aromatic N) is 2. The SMILES string of the molecule is CC(C)n1cc2ccc(B3OC(C)(C)C(C)(C)O3)cc2n1. The van der Waals surface area contributed by atoms with E-state index in [9.17, 15) is 0 Å². The second-order valence-corrected chi connectivity index (χ2v) is 7.11. The maximum atomic E-state index is 6.10. The fourth-order valence-corrected chi connectivity index (χ4v) is 2.44. The molecule has 1 aliphatic rings. The van der Waals surface area contributed by atoms with Crippen molar-refractivity contribution in [2.24, 2.45) is 0 Å². The van der Waals surface area contributed by atoms with Gasteiger partial charge in [0.25, 0.3) is 0 Å². The minimum Gasteiger partial charge on any atom is -0.399 e. The van der Waals surface area contributed by atoms with E-state index in [-0.39, 0.29) is 18.3 Å². The molecule has 5 heteroatoms. The van der Waals surface area contributed by atoms with E-state index in [0.29, 0.717) is 6.04 Å². The van der Waals surface area contributed by atoms with Crippen molar-refractivity contribution in [3.8, 4) is 0 Å². The molecule has 2 aromatic rings. The quantitative estimate of drug-likeness (QED) is 0.796. The van der Waals surface area contributed by atoms with Crippen LogP contribution in [0.4, 0.5) is 0 Å². The van der Waals surface area contributed by atoms with Crippen molar-refractivity contribution < 1.29 is 9.31 Å². The molecular weight excluding hydrogens is 263 g/mol. The van der Waals surface area contributed by atoms with Crippen LogP contribution in [0.25, 0.3) is 10.9 Å². The number of rotatable bonds is 2. The summed E-state index contributed by atoms with van der Waals surface area (Å²) < 4.78 is 14.2. The van der Waals surface area contributed by atoms with Crippen LogP contribution >= 0.6 is 0 Å². The van der Waals surface area contributed by atoms with Crippen LogP contribution < -0.4 is 5.46 Å². The van der Waals surface area contributed by atoms with Gasteiger partial charge >= 0.3 is 7.12 Å². The highest BCUT2D eigenvalue weighted by atomic mass is 16.7. The first-order valence-corrected chi connectivity index (χ1v) is 7.54.